The van der Waals surface area contributed by atoms with Crippen LogP contribution in [0.25, 0.3) is 22.3 Å². The summed E-state index contributed by atoms with van der Waals surface area (Å²) in [7, 11) is 0. The first-order valence-corrected chi connectivity index (χ1v) is 21.2. The van der Waals surface area contributed by atoms with Crippen LogP contribution in [0.5, 0.6) is 0 Å². The van der Waals surface area contributed by atoms with E-state index in [1.807, 2.05) is 3.28 Å². The molecule has 1 heteroatoms. The molecule has 0 nitrogen and oxygen atoms in total. The third-order valence-electron chi connectivity index (χ3n) is 11.1. The molecule has 0 spiro atoms. The molecule has 0 radical (unpaired) electrons. The fraction of sp³-hybridized carbons (Fsp3) is 0.386. The van der Waals surface area contributed by atoms with E-state index in [4.69, 9.17) is 0 Å². The van der Waals surface area contributed by atoms with E-state index >= 15 is 0 Å². The van der Waals surface area contributed by atoms with E-state index in [1.165, 1.54) is 50.1 Å². The number of fused-ring (bicyclic) bond motifs is 5. The summed E-state index contributed by atoms with van der Waals surface area (Å²) in [5, 5.41) is 0. The van der Waals surface area contributed by atoms with Crippen LogP contribution in [0, 0.1) is 11.3 Å². The fourth-order valence-electron chi connectivity index (χ4n) is 9.21. The van der Waals surface area contributed by atoms with Crippen LogP contribution in [0.2, 0.25) is 0 Å². The molecular formula is C44H50Zr. The molecule has 1 atom stereocenters. The Morgan fingerprint density at radius 2 is 1.27 bits per heavy atom. The second-order valence-corrected chi connectivity index (χ2v) is 22.1. The molecule has 0 N–H and O–H groups in total. The van der Waals surface area contributed by atoms with E-state index in [0.717, 1.165) is 6.42 Å². The van der Waals surface area contributed by atoms with E-state index in [-0.39, 0.29) is 16.2 Å². The summed E-state index contributed by atoms with van der Waals surface area (Å²) in [6, 6.07) is 21.8. The molecule has 4 aliphatic rings. The van der Waals surface area contributed by atoms with Crippen molar-refractivity contribution in [2.75, 3.05) is 0 Å². The Kier molecular flexibility index (Phi) is 7.19. The zero-order valence-corrected chi connectivity index (χ0v) is 31.8. The second-order valence-electron chi connectivity index (χ2n) is 16.4. The predicted octanol–water partition coefficient (Wildman–Crippen LogP) is 11.9. The summed E-state index contributed by atoms with van der Waals surface area (Å²) in [5.41, 5.74) is 19.9. The molecule has 0 heterocycles. The molecule has 4 aliphatic carbocycles. The molecule has 0 saturated heterocycles. The summed E-state index contributed by atoms with van der Waals surface area (Å²) >= 11 is -2.63. The summed E-state index contributed by atoms with van der Waals surface area (Å²) in [5.74, 6) is 0.487. The zero-order chi connectivity index (χ0) is 32.2. The first kappa shape index (κ1) is 31.0. The van der Waals surface area contributed by atoms with Crippen molar-refractivity contribution in [2.24, 2.45) is 11.3 Å². The Balaban J connectivity index is 1.57. The van der Waals surface area contributed by atoms with E-state index < -0.39 is 21.3 Å². The van der Waals surface area contributed by atoms with Crippen molar-refractivity contribution in [3.63, 3.8) is 0 Å². The second kappa shape index (κ2) is 10.4. The Bertz CT molecular complexity index is 1840. The van der Waals surface area contributed by atoms with Crippen LogP contribution in [0.3, 0.4) is 0 Å². The molecule has 7 rings (SSSR count). The Labute approximate surface area is 280 Å². The number of rotatable bonds is 4. The third-order valence-corrected chi connectivity index (χ3v) is 19.1. The van der Waals surface area contributed by atoms with Gasteiger partial charge in [-0.2, -0.15) is 0 Å². The van der Waals surface area contributed by atoms with Crippen LogP contribution in [0.15, 0.2) is 87.3 Å². The SMILES string of the molecule is CCC1=[C]([Zr](=[CH]c2ccccc2)[CH]2c3cc4c(cc3-c3cc5c(cc32)C(C)(C)C=C5C)C(C)=CC4(C)C)C(C)C=C1C(C)(C)C. The summed E-state index contributed by atoms with van der Waals surface area (Å²) in [4.78, 5) is 0. The molecule has 0 bridgehead atoms. The minimum absolute atomic E-state index is 0.0545. The first-order valence-electron chi connectivity index (χ1n) is 17.1. The monoisotopic (exact) mass is 668 g/mol. The van der Waals surface area contributed by atoms with E-state index in [2.05, 4.69) is 153 Å². The molecule has 0 amide bonds. The quantitative estimate of drug-likeness (QED) is 0.259. The Morgan fingerprint density at radius 3 is 1.73 bits per heavy atom. The molecular weight excluding hydrogens is 620 g/mol. The summed E-state index contributed by atoms with van der Waals surface area (Å²) < 4.78 is 5.09. The van der Waals surface area contributed by atoms with Crippen molar-refractivity contribution in [1.82, 2.24) is 0 Å². The number of allylic oxidation sites excluding steroid dienone is 8. The van der Waals surface area contributed by atoms with Crippen molar-refractivity contribution in [3.8, 4) is 11.1 Å². The third kappa shape index (κ3) is 4.82. The van der Waals surface area contributed by atoms with Gasteiger partial charge in [0.15, 0.2) is 0 Å². The Morgan fingerprint density at radius 1 is 0.756 bits per heavy atom. The van der Waals surface area contributed by atoms with Crippen molar-refractivity contribution < 1.29 is 21.3 Å². The van der Waals surface area contributed by atoms with Crippen LogP contribution in [-0.4, -0.2) is 3.71 Å². The van der Waals surface area contributed by atoms with Crippen LogP contribution in [-0.2, 0) is 32.1 Å². The molecule has 230 valence electrons. The van der Waals surface area contributed by atoms with Gasteiger partial charge >= 0.3 is 282 Å². The zero-order valence-electron chi connectivity index (χ0n) is 29.4. The molecule has 3 aromatic carbocycles. The van der Waals surface area contributed by atoms with Crippen LogP contribution >= 0.6 is 0 Å². The molecule has 3 aromatic rings. The number of benzene rings is 3. The predicted molar refractivity (Wildman–Crippen MR) is 193 cm³/mol. The number of hydrogen-bond acceptors (Lipinski definition) is 0. The van der Waals surface area contributed by atoms with Crippen molar-refractivity contribution in [2.45, 2.75) is 97.0 Å². The van der Waals surface area contributed by atoms with E-state index in [1.54, 1.807) is 22.3 Å². The van der Waals surface area contributed by atoms with E-state index in [0.29, 0.717) is 9.54 Å². The van der Waals surface area contributed by atoms with Gasteiger partial charge in [0.05, 0.1) is 0 Å². The topological polar surface area (TPSA) is 0 Å². The van der Waals surface area contributed by atoms with Gasteiger partial charge in [-0.3, -0.25) is 0 Å². The average molecular weight is 670 g/mol. The normalized spacial score (nSPS) is 21.4. The van der Waals surface area contributed by atoms with Crippen molar-refractivity contribution in [3.05, 3.63) is 126 Å². The van der Waals surface area contributed by atoms with Gasteiger partial charge in [0, 0.05) is 0 Å². The van der Waals surface area contributed by atoms with Gasteiger partial charge in [-0.15, -0.1) is 0 Å². The number of hydrogen-bond donors (Lipinski definition) is 0. The molecule has 1 unspecified atom stereocenters. The van der Waals surface area contributed by atoms with Gasteiger partial charge in [0.2, 0.25) is 0 Å². The minimum atomic E-state index is -2.63. The van der Waals surface area contributed by atoms with Gasteiger partial charge in [0.25, 0.3) is 0 Å². The molecule has 0 fully saturated rings. The first-order chi connectivity index (χ1) is 21.1. The van der Waals surface area contributed by atoms with Crippen molar-refractivity contribution in [1.29, 1.82) is 0 Å². The van der Waals surface area contributed by atoms with Gasteiger partial charge < -0.3 is 0 Å². The maximum atomic E-state index is 2.82. The van der Waals surface area contributed by atoms with Gasteiger partial charge in [-0.05, 0) is 0 Å². The Hall–Kier alpha value is -2.63. The molecule has 0 aliphatic heterocycles. The van der Waals surface area contributed by atoms with Crippen LogP contribution in [0.4, 0.5) is 0 Å². The fourth-order valence-corrected chi connectivity index (χ4v) is 18.1. The van der Waals surface area contributed by atoms with Gasteiger partial charge in [0.1, 0.15) is 0 Å². The molecule has 0 aromatic heterocycles. The summed E-state index contributed by atoms with van der Waals surface area (Å²) in [6.45, 7) is 26.4. The molecule has 45 heavy (non-hydrogen) atoms. The van der Waals surface area contributed by atoms with E-state index in [9.17, 15) is 0 Å². The average Bonchev–Trinajstić information content (AvgIpc) is 3.62. The van der Waals surface area contributed by atoms with Crippen LogP contribution < -0.4 is 0 Å². The van der Waals surface area contributed by atoms with Crippen molar-refractivity contribution >= 4 is 14.9 Å². The standard InChI is InChI=1S/C25H25.C12H19.C7H6.Zr/c1-14-12-24(3,4)22-8-16-7-17-9-23-19(15(2)13-25(23,5)6)11-21(17)20(16)10-18(14)22;1-6-10-7-9(2)8-11(10)12(3,4)5;1-7-5-3-2-4-6-7;/h7-13H,1-6H3;8-9H,6H2,1-5H3;1-6H;. The maximum absolute atomic E-state index is 2.82. The van der Waals surface area contributed by atoms with Gasteiger partial charge in [-0.1, -0.05) is 0 Å². The molecule has 0 saturated carbocycles. The van der Waals surface area contributed by atoms with Crippen LogP contribution in [0.1, 0.15) is 125 Å². The van der Waals surface area contributed by atoms with Gasteiger partial charge in [-0.25, -0.2) is 0 Å². The summed E-state index contributed by atoms with van der Waals surface area (Å²) in [6.07, 6.45) is 8.74.